The van der Waals surface area contributed by atoms with Crippen LogP contribution in [0, 0.1) is 6.07 Å². The molecular formula is C19H14N3. The molecule has 0 aliphatic carbocycles. The Kier molecular flexibility index (Phi) is 2.97. The normalized spacial score (nSPS) is 11.0. The lowest BCUT2D eigenvalue weighted by Gasteiger charge is -2.07. The molecule has 2 aromatic carbocycles. The summed E-state index contributed by atoms with van der Waals surface area (Å²) in [4.78, 5) is 4.40. The fourth-order valence-corrected chi connectivity index (χ4v) is 2.70. The smallest absolute Gasteiger partial charge is 0.0708 e. The van der Waals surface area contributed by atoms with Gasteiger partial charge in [0.1, 0.15) is 0 Å². The minimum atomic E-state index is 0.993. The van der Waals surface area contributed by atoms with Gasteiger partial charge in [-0.1, -0.05) is 30.3 Å². The van der Waals surface area contributed by atoms with Crippen LogP contribution in [-0.2, 0) is 7.05 Å². The second-order valence-corrected chi connectivity index (χ2v) is 5.28. The Morgan fingerprint density at radius 1 is 0.955 bits per heavy atom. The highest BCUT2D eigenvalue weighted by Crippen LogP contribution is 2.29. The SMILES string of the molecule is Cn1cc(-c2ccc(-c3ccnc4cc[c]cc34)cc2)cn1. The Labute approximate surface area is 128 Å². The second kappa shape index (κ2) is 5.11. The van der Waals surface area contributed by atoms with E-state index < -0.39 is 0 Å². The minimum Gasteiger partial charge on any atom is -0.275 e. The third kappa shape index (κ3) is 2.17. The van der Waals surface area contributed by atoms with Crippen molar-refractivity contribution in [1.29, 1.82) is 0 Å². The lowest BCUT2D eigenvalue weighted by Crippen LogP contribution is -1.85. The molecule has 0 amide bonds. The van der Waals surface area contributed by atoms with E-state index in [0.29, 0.717) is 0 Å². The van der Waals surface area contributed by atoms with Crippen molar-refractivity contribution in [3.05, 3.63) is 73.2 Å². The summed E-state index contributed by atoms with van der Waals surface area (Å²) in [6.07, 6.45) is 5.75. The molecule has 4 rings (SSSR count). The average Bonchev–Trinajstić information content (AvgIpc) is 3.01. The van der Waals surface area contributed by atoms with E-state index in [-0.39, 0.29) is 0 Å². The molecule has 0 fully saturated rings. The van der Waals surface area contributed by atoms with Gasteiger partial charge in [-0.2, -0.15) is 5.10 Å². The van der Waals surface area contributed by atoms with E-state index in [1.807, 2.05) is 48.5 Å². The molecule has 0 unspecified atom stereocenters. The number of hydrogen-bond acceptors (Lipinski definition) is 2. The number of rotatable bonds is 2. The van der Waals surface area contributed by atoms with Gasteiger partial charge in [-0.25, -0.2) is 0 Å². The zero-order valence-corrected chi connectivity index (χ0v) is 12.2. The number of nitrogens with zero attached hydrogens (tertiary/aromatic N) is 3. The molecule has 2 aromatic heterocycles. The van der Waals surface area contributed by atoms with Crippen LogP contribution in [0.5, 0.6) is 0 Å². The molecule has 0 aliphatic rings. The van der Waals surface area contributed by atoms with Gasteiger partial charge in [-0.3, -0.25) is 9.67 Å². The summed E-state index contributed by atoms with van der Waals surface area (Å²) in [6.45, 7) is 0. The maximum absolute atomic E-state index is 4.40. The molecule has 0 aliphatic heterocycles. The molecule has 22 heavy (non-hydrogen) atoms. The van der Waals surface area contributed by atoms with Crippen LogP contribution >= 0.6 is 0 Å². The quantitative estimate of drug-likeness (QED) is 0.555. The van der Waals surface area contributed by atoms with Gasteiger partial charge in [0, 0.05) is 30.4 Å². The van der Waals surface area contributed by atoms with Crippen LogP contribution in [0.2, 0.25) is 0 Å². The zero-order chi connectivity index (χ0) is 14.9. The standard InChI is InChI=1S/C19H14N3/c1-22-13-16(12-21-22)14-6-8-15(9-7-14)17-10-11-20-19-5-3-2-4-18(17)19/h3-13H,1H3. The van der Waals surface area contributed by atoms with Gasteiger partial charge in [0.2, 0.25) is 0 Å². The number of benzene rings is 2. The molecule has 3 nitrogen and oxygen atoms in total. The second-order valence-electron chi connectivity index (χ2n) is 5.28. The van der Waals surface area contributed by atoms with E-state index in [1.165, 1.54) is 16.7 Å². The lowest BCUT2D eigenvalue weighted by atomic mass is 9.99. The van der Waals surface area contributed by atoms with E-state index in [1.54, 1.807) is 0 Å². The summed E-state index contributed by atoms with van der Waals surface area (Å²) in [6, 6.07) is 19.6. The van der Waals surface area contributed by atoms with Crippen LogP contribution in [0.4, 0.5) is 0 Å². The minimum absolute atomic E-state index is 0.993. The Balaban J connectivity index is 1.79. The fraction of sp³-hybridized carbons (Fsp3) is 0.0526. The molecule has 1 radical (unpaired) electrons. The molecule has 0 spiro atoms. The summed E-state index contributed by atoms with van der Waals surface area (Å²) in [7, 11) is 1.93. The number of aromatic nitrogens is 3. The molecule has 0 saturated heterocycles. The molecular weight excluding hydrogens is 270 g/mol. The summed E-state index contributed by atoms with van der Waals surface area (Å²) in [5.41, 5.74) is 5.65. The Morgan fingerprint density at radius 2 is 1.77 bits per heavy atom. The maximum Gasteiger partial charge on any atom is 0.0708 e. The summed E-state index contributed by atoms with van der Waals surface area (Å²) in [5.74, 6) is 0. The Hall–Kier alpha value is -2.94. The van der Waals surface area contributed by atoms with Gasteiger partial charge in [-0.15, -0.1) is 0 Å². The summed E-state index contributed by atoms with van der Waals surface area (Å²) >= 11 is 0. The van der Waals surface area contributed by atoms with E-state index >= 15 is 0 Å². The van der Waals surface area contributed by atoms with E-state index in [9.17, 15) is 0 Å². The lowest BCUT2D eigenvalue weighted by molar-refractivity contribution is 0.768. The van der Waals surface area contributed by atoms with Gasteiger partial charge < -0.3 is 0 Å². The van der Waals surface area contributed by atoms with Crippen molar-refractivity contribution in [2.45, 2.75) is 0 Å². The fourth-order valence-electron chi connectivity index (χ4n) is 2.70. The van der Waals surface area contributed by atoms with Crippen LogP contribution < -0.4 is 0 Å². The number of fused-ring (bicyclic) bond motifs is 1. The Bertz CT molecular complexity index is 931. The predicted octanol–water partition coefficient (Wildman–Crippen LogP) is 4.10. The van der Waals surface area contributed by atoms with Gasteiger partial charge in [0.25, 0.3) is 0 Å². The number of pyridine rings is 1. The first kappa shape index (κ1) is 12.8. The molecule has 4 aromatic rings. The van der Waals surface area contributed by atoms with Gasteiger partial charge in [-0.05, 0) is 41.0 Å². The van der Waals surface area contributed by atoms with Crippen molar-refractivity contribution in [2.24, 2.45) is 7.05 Å². The highest BCUT2D eigenvalue weighted by atomic mass is 15.2. The van der Waals surface area contributed by atoms with Crippen molar-refractivity contribution in [3.63, 3.8) is 0 Å². The van der Waals surface area contributed by atoms with E-state index in [4.69, 9.17) is 0 Å². The summed E-state index contributed by atoms with van der Waals surface area (Å²) < 4.78 is 1.81. The van der Waals surface area contributed by atoms with Gasteiger partial charge >= 0.3 is 0 Å². The third-order valence-corrected chi connectivity index (χ3v) is 3.82. The van der Waals surface area contributed by atoms with Gasteiger partial charge in [0.05, 0.1) is 11.7 Å². The largest absolute Gasteiger partial charge is 0.275 e. The highest BCUT2D eigenvalue weighted by Gasteiger charge is 2.05. The van der Waals surface area contributed by atoms with Crippen LogP contribution in [0.15, 0.2) is 67.1 Å². The first-order valence-corrected chi connectivity index (χ1v) is 7.15. The first-order chi connectivity index (χ1) is 10.8. The summed E-state index contributed by atoms with van der Waals surface area (Å²) in [5, 5.41) is 5.34. The Morgan fingerprint density at radius 3 is 2.55 bits per heavy atom. The van der Waals surface area contributed by atoms with Crippen molar-refractivity contribution in [2.75, 3.05) is 0 Å². The van der Waals surface area contributed by atoms with Crippen LogP contribution in [0.1, 0.15) is 0 Å². The van der Waals surface area contributed by atoms with E-state index in [2.05, 4.69) is 46.5 Å². The van der Waals surface area contributed by atoms with Crippen molar-refractivity contribution in [3.8, 4) is 22.3 Å². The number of hydrogen-bond donors (Lipinski definition) is 0. The predicted molar refractivity (Wildman–Crippen MR) is 88.2 cm³/mol. The van der Waals surface area contributed by atoms with Crippen LogP contribution in [0.3, 0.4) is 0 Å². The molecule has 0 bridgehead atoms. The molecule has 0 saturated carbocycles. The molecule has 0 atom stereocenters. The van der Waals surface area contributed by atoms with Crippen LogP contribution in [-0.4, -0.2) is 14.8 Å². The van der Waals surface area contributed by atoms with Crippen molar-refractivity contribution < 1.29 is 0 Å². The molecule has 105 valence electrons. The maximum atomic E-state index is 4.40. The van der Waals surface area contributed by atoms with Gasteiger partial charge in [0.15, 0.2) is 0 Å². The van der Waals surface area contributed by atoms with Crippen molar-refractivity contribution >= 4 is 10.9 Å². The highest BCUT2D eigenvalue weighted by molar-refractivity contribution is 5.94. The number of aryl methyl sites for hydroxylation is 1. The van der Waals surface area contributed by atoms with Crippen LogP contribution in [0.25, 0.3) is 33.2 Å². The van der Waals surface area contributed by atoms with Crippen molar-refractivity contribution in [1.82, 2.24) is 14.8 Å². The van der Waals surface area contributed by atoms with E-state index in [0.717, 1.165) is 16.5 Å². The topological polar surface area (TPSA) is 30.7 Å². The zero-order valence-electron chi connectivity index (χ0n) is 12.2. The average molecular weight is 284 g/mol. The first-order valence-electron chi connectivity index (χ1n) is 7.15. The molecule has 2 heterocycles. The molecule has 0 N–H and O–H groups in total. The third-order valence-electron chi connectivity index (χ3n) is 3.82. The monoisotopic (exact) mass is 284 g/mol. The molecule has 3 heteroatoms.